The van der Waals surface area contributed by atoms with Gasteiger partial charge < -0.3 is 25.6 Å². The van der Waals surface area contributed by atoms with Gasteiger partial charge in [-0.25, -0.2) is 0 Å². The average Bonchev–Trinajstić information content (AvgIpc) is 2.97. The van der Waals surface area contributed by atoms with E-state index in [0.717, 1.165) is 42.7 Å². The first-order valence-corrected chi connectivity index (χ1v) is 8.06. The van der Waals surface area contributed by atoms with Gasteiger partial charge in [0.2, 0.25) is 0 Å². The summed E-state index contributed by atoms with van der Waals surface area (Å²) in [5.74, 6) is 2.13. The third-order valence-electron chi connectivity index (χ3n) is 4.28. The highest BCUT2D eigenvalue weighted by atomic mass is 127. The minimum Gasteiger partial charge on any atom is -0.493 e. The van der Waals surface area contributed by atoms with Crippen molar-refractivity contribution in [2.75, 3.05) is 27.3 Å². The number of nitrogens with zero attached hydrogens (tertiary/aromatic N) is 1. The fourth-order valence-electron chi connectivity index (χ4n) is 2.87. The molecule has 0 aliphatic heterocycles. The monoisotopic (exact) mass is 449 g/mol. The third-order valence-corrected chi connectivity index (χ3v) is 4.28. The first-order chi connectivity index (χ1) is 11.1. The lowest BCUT2D eigenvalue weighted by molar-refractivity contribution is 0.136. The van der Waals surface area contributed by atoms with E-state index < -0.39 is 0 Å². The molecule has 2 rings (SSSR count). The Hall–Kier alpha value is -1.22. The summed E-state index contributed by atoms with van der Waals surface area (Å²) in [6, 6.07) is 5.86. The van der Waals surface area contributed by atoms with E-state index in [1.165, 1.54) is 0 Å². The van der Waals surface area contributed by atoms with Crippen molar-refractivity contribution in [2.45, 2.75) is 31.8 Å². The van der Waals surface area contributed by atoms with Gasteiger partial charge in [0.15, 0.2) is 17.5 Å². The largest absolute Gasteiger partial charge is 0.493 e. The van der Waals surface area contributed by atoms with Crippen molar-refractivity contribution in [1.29, 1.82) is 0 Å². The predicted octanol–water partition coefficient (Wildman–Crippen LogP) is 1.93. The molecule has 1 fully saturated rings. The average molecular weight is 449 g/mol. The van der Waals surface area contributed by atoms with Crippen molar-refractivity contribution in [3.8, 4) is 11.5 Å². The van der Waals surface area contributed by atoms with Gasteiger partial charge >= 0.3 is 0 Å². The SMILES string of the molecule is COc1ccc(CCNC(N)=NCC2CCCC2O)cc1OC.I. The molecule has 0 spiro atoms. The number of nitrogens with two attached hydrogens (primary N) is 1. The molecule has 1 saturated carbocycles. The third kappa shape index (κ3) is 6.01. The molecule has 1 aromatic carbocycles. The van der Waals surface area contributed by atoms with E-state index in [-0.39, 0.29) is 36.0 Å². The van der Waals surface area contributed by atoms with Crippen LogP contribution in [0.3, 0.4) is 0 Å². The van der Waals surface area contributed by atoms with E-state index in [4.69, 9.17) is 15.2 Å². The molecular formula is C17H28IN3O3. The summed E-state index contributed by atoms with van der Waals surface area (Å²) in [7, 11) is 3.25. The summed E-state index contributed by atoms with van der Waals surface area (Å²) in [5.41, 5.74) is 7.01. The summed E-state index contributed by atoms with van der Waals surface area (Å²) in [6.45, 7) is 1.29. The van der Waals surface area contributed by atoms with Gasteiger partial charge in [-0.1, -0.05) is 12.5 Å². The molecule has 24 heavy (non-hydrogen) atoms. The number of nitrogens with one attached hydrogen (secondary N) is 1. The van der Waals surface area contributed by atoms with E-state index in [9.17, 15) is 5.11 Å². The van der Waals surface area contributed by atoms with Crippen LogP contribution in [0, 0.1) is 5.92 Å². The lowest BCUT2D eigenvalue weighted by atomic mass is 10.1. The molecule has 2 atom stereocenters. The van der Waals surface area contributed by atoms with Crippen LogP contribution in [-0.4, -0.2) is 44.5 Å². The first kappa shape index (κ1) is 20.8. The van der Waals surface area contributed by atoms with E-state index in [1.54, 1.807) is 14.2 Å². The van der Waals surface area contributed by atoms with Gasteiger partial charge in [0.05, 0.1) is 20.3 Å². The van der Waals surface area contributed by atoms with Crippen molar-refractivity contribution in [3.63, 3.8) is 0 Å². The molecule has 1 aromatic rings. The fourth-order valence-corrected chi connectivity index (χ4v) is 2.87. The van der Waals surface area contributed by atoms with Crippen molar-refractivity contribution < 1.29 is 14.6 Å². The standard InChI is InChI=1S/C17H27N3O3.HI/c1-22-15-7-6-12(10-16(15)23-2)8-9-19-17(18)20-11-13-4-3-5-14(13)21;/h6-7,10,13-14,21H,3-5,8-9,11H2,1-2H3,(H3,18,19,20);1H. The Labute approximate surface area is 160 Å². The van der Waals surface area contributed by atoms with Gasteiger partial charge in [-0.3, -0.25) is 4.99 Å². The number of rotatable bonds is 7. The summed E-state index contributed by atoms with van der Waals surface area (Å²) < 4.78 is 10.5. The van der Waals surface area contributed by atoms with Gasteiger partial charge in [-0.2, -0.15) is 0 Å². The van der Waals surface area contributed by atoms with E-state index in [0.29, 0.717) is 19.0 Å². The minimum atomic E-state index is -0.224. The highest BCUT2D eigenvalue weighted by Gasteiger charge is 2.24. The van der Waals surface area contributed by atoms with Crippen molar-refractivity contribution >= 4 is 29.9 Å². The van der Waals surface area contributed by atoms with Crippen LogP contribution in [0.1, 0.15) is 24.8 Å². The number of halogens is 1. The summed E-state index contributed by atoms with van der Waals surface area (Å²) in [4.78, 5) is 4.33. The van der Waals surface area contributed by atoms with Gasteiger partial charge in [-0.05, 0) is 37.0 Å². The molecule has 4 N–H and O–H groups in total. The van der Waals surface area contributed by atoms with Crippen LogP contribution in [-0.2, 0) is 6.42 Å². The maximum atomic E-state index is 9.77. The number of aliphatic imine (C=N–C) groups is 1. The predicted molar refractivity (Wildman–Crippen MR) is 107 cm³/mol. The Morgan fingerprint density at radius 3 is 2.67 bits per heavy atom. The molecule has 6 nitrogen and oxygen atoms in total. The van der Waals surface area contributed by atoms with Crippen LogP contribution >= 0.6 is 24.0 Å². The van der Waals surface area contributed by atoms with Crippen LogP contribution in [0.15, 0.2) is 23.2 Å². The molecule has 0 aromatic heterocycles. The molecule has 0 saturated heterocycles. The molecule has 2 unspecified atom stereocenters. The lowest BCUT2D eigenvalue weighted by Crippen LogP contribution is -2.34. The van der Waals surface area contributed by atoms with Gasteiger partial charge in [0.25, 0.3) is 0 Å². The number of hydrogen-bond donors (Lipinski definition) is 3. The van der Waals surface area contributed by atoms with E-state index >= 15 is 0 Å². The molecule has 136 valence electrons. The number of aliphatic hydroxyl groups excluding tert-OH is 1. The Bertz CT molecular complexity index is 540. The Morgan fingerprint density at radius 1 is 1.29 bits per heavy atom. The van der Waals surface area contributed by atoms with E-state index in [1.807, 2.05) is 18.2 Å². The van der Waals surface area contributed by atoms with Gasteiger partial charge in [0.1, 0.15) is 0 Å². The molecule has 0 bridgehead atoms. The topological polar surface area (TPSA) is 89.1 Å². The first-order valence-electron chi connectivity index (χ1n) is 8.06. The van der Waals surface area contributed by atoms with Crippen molar-refractivity contribution in [1.82, 2.24) is 5.32 Å². The zero-order valence-electron chi connectivity index (χ0n) is 14.3. The zero-order chi connectivity index (χ0) is 16.7. The second-order valence-electron chi connectivity index (χ2n) is 5.85. The van der Waals surface area contributed by atoms with Crippen LogP contribution in [0.4, 0.5) is 0 Å². The highest BCUT2D eigenvalue weighted by Crippen LogP contribution is 2.27. The Balaban J connectivity index is 0.00000288. The second kappa shape index (κ2) is 10.6. The number of ether oxygens (including phenoxy) is 2. The normalized spacial score (nSPS) is 20.4. The molecule has 0 heterocycles. The molecule has 0 radical (unpaired) electrons. The summed E-state index contributed by atoms with van der Waals surface area (Å²) in [5, 5.41) is 12.9. The van der Waals surface area contributed by atoms with E-state index in [2.05, 4.69) is 10.3 Å². The van der Waals surface area contributed by atoms with Crippen molar-refractivity contribution in [2.24, 2.45) is 16.6 Å². The summed E-state index contributed by atoms with van der Waals surface area (Å²) in [6.07, 6.45) is 3.57. The maximum absolute atomic E-state index is 9.77. The van der Waals surface area contributed by atoms with Crippen LogP contribution < -0.4 is 20.5 Å². The Morgan fingerprint density at radius 2 is 2.04 bits per heavy atom. The smallest absolute Gasteiger partial charge is 0.188 e. The van der Waals surface area contributed by atoms with Crippen LogP contribution in [0.5, 0.6) is 11.5 Å². The number of benzene rings is 1. The number of methoxy groups -OCH3 is 2. The maximum Gasteiger partial charge on any atom is 0.188 e. The molecule has 0 amide bonds. The highest BCUT2D eigenvalue weighted by molar-refractivity contribution is 14.0. The lowest BCUT2D eigenvalue weighted by Gasteiger charge is -2.12. The summed E-state index contributed by atoms with van der Waals surface area (Å²) >= 11 is 0. The van der Waals surface area contributed by atoms with Gasteiger partial charge in [0, 0.05) is 19.0 Å². The quantitative estimate of drug-likeness (QED) is 0.337. The zero-order valence-corrected chi connectivity index (χ0v) is 16.7. The molecule has 7 heteroatoms. The minimum absolute atomic E-state index is 0. The molecule has 1 aliphatic carbocycles. The number of hydrogen-bond acceptors (Lipinski definition) is 4. The van der Waals surface area contributed by atoms with Crippen molar-refractivity contribution in [3.05, 3.63) is 23.8 Å². The van der Waals surface area contributed by atoms with Gasteiger partial charge in [-0.15, -0.1) is 24.0 Å². The fraction of sp³-hybridized carbons (Fsp3) is 0.588. The van der Waals surface area contributed by atoms with Crippen LogP contribution in [0.25, 0.3) is 0 Å². The molecular weight excluding hydrogens is 421 g/mol. The number of aliphatic hydroxyl groups is 1. The van der Waals surface area contributed by atoms with Crippen LogP contribution in [0.2, 0.25) is 0 Å². The second-order valence-corrected chi connectivity index (χ2v) is 5.85. The Kier molecular flexibility index (Phi) is 9.20. The number of guanidine groups is 1. The molecule has 1 aliphatic rings.